The number of carbonyl (C=O) groups excluding carboxylic acids is 1. The van der Waals surface area contributed by atoms with Crippen LogP contribution in [0.15, 0.2) is 68.9 Å². The molecule has 0 aliphatic carbocycles. The molecule has 27 heavy (non-hydrogen) atoms. The van der Waals surface area contributed by atoms with Crippen molar-refractivity contribution in [2.75, 3.05) is 5.75 Å². The van der Waals surface area contributed by atoms with E-state index in [0.717, 1.165) is 16.5 Å². The molecule has 0 radical (unpaired) electrons. The number of hydrogen-bond acceptors (Lipinski definition) is 7. The SMILES string of the molecule is C[C@@H](NC(=O)CSc1nnc(-c2cccnc2)o1)c1cc2ccccc2o1. The summed E-state index contributed by atoms with van der Waals surface area (Å²) in [4.78, 5) is 16.2. The van der Waals surface area contributed by atoms with Gasteiger partial charge in [0.15, 0.2) is 0 Å². The molecule has 0 fully saturated rings. The second-order valence-electron chi connectivity index (χ2n) is 5.88. The van der Waals surface area contributed by atoms with Gasteiger partial charge in [-0.05, 0) is 31.2 Å². The van der Waals surface area contributed by atoms with Crippen molar-refractivity contribution in [1.82, 2.24) is 20.5 Å². The number of pyridine rings is 1. The highest BCUT2D eigenvalue weighted by Crippen LogP contribution is 2.25. The average Bonchev–Trinajstić information content (AvgIpc) is 3.34. The minimum atomic E-state index is -0.237. The summed E-state index contributed by atoms with van der Waals surface area (Å²) < 4.78 is 11.3. The van der Waals surface area contributed by atoms with Gasteiger partial charge in [-0.3, -0.25) is 9.78 Å². The Morgan fingerprint density at radius 3 is 2.89 bits per heavy atom. The number of rotatable bonds is 6. The topological polar surface area (TPSA) is 94.1 Å². The molecule has 3 aromatic heterocycles. The molecule has 0 saturated carbocycles. The maximum Gasteiger partial charge on any atom is 0.277 e. The number of furan rings is 1. The van der Waals surface area contributed by atoms with E-state index in [1.54, 1.807) is 18.5 Å². The van der Waals surface area contributed by atoms with Crippen molar-refractivity contribution < 1.29 is 13.6 Å². The zero-order valence-corrected chi connectivity index (χ0v) is 15.3. The molecular formula is C19H16N4O3S. The lowest BCUT2D eigenvalue weighted by atomic mass is 10.2. The molecule has 1 aromatic carbocycles. The smallest absolute Gasteiger partial charge is 0.277 e. The molecule has 7 nitrogen and oxygen atoms in total. The van der Waals surface area contributed by atoms with Gasteiger partial charge in [0.05, 0.1) is 17.4 Å². The minimum Gasteiger partial charge on any atom is -0.459 e. The van der Waals surface area contributed by atoms with Gasteiger partial charge in [0, 0.05) is 17.8 Å². The maximum atomic E-state index is 12.2. The van der Waals surface area contributed by atoms with E-state index in [1.165, 1.54) is 11.8 Å². The number of hydrogen-bond donors (Lipinski definition) is 1. The molecule has 0 bridgehead atoms. The number of carbonyl (C=O) groups is 1. The summed E-state index contributed by atoms with van der Waals surface area (Å²) in [6, 6.07) is 13.1. The van der Waals surface area contributed by atoms with E-state index in [2.05, 4.69) is 20.5 Å². The van der Waals surface area contributed by atoms with E-state index < -0.39 is 0 Å². The standard InChI is InChI=1S/C19H16N4O3S/c1-12(16-9-13-5-2-3-7-15(13)25-16)21-17(24)11-27-19-23-22-18(26-19)14-6-4-8-20-10-14/h2-10,12H,11H2,1H3,(H,21,24)/t12-/m1/s1. The van der Waals surface area contributed by atoms with Crippen LogP contribution in [0.5, 0.6) is 0 Å². The fraction of sp³-hybridized carbons (Fsp3) is 0.158. The summed E-state index contributed by atoms with van der Waals surface area (Å²) in [5, 5.41) is 12.2. The molecule has 4 rings (SSSR count). The second kappa shape index (κ2) is 7.63. The van der Waals surface area contributed by atoms with Crippen LogP contribution in [0.25, 0.3) is 22.4 Å². The molecule has 1 amide bonds. The fourth-order valence-corrected chi connectivity index (χ4v) is 3.15. The zero-order chi connectivity index (χ0) is 18.6. The number of benzene rings is 1. The Balaban J connectivity index is 1.33. The monoisotopic (exact) mass is 380 g/mol. The Morgan fingerprint density at radius 1 is 1.19 bits per heavy atom. The van der Waals surface area contributed by atoms with Crippen molar-refractivity contribution in [3.63, 3.8) is 0 Å². The van der Waals surface area contributed by atoms with Crippen LogP contribution in [0, 0.1) is 0 Å². The normalized spacial score (nSPS) is 12.2. The molecule has 1 N–H and O–H groups in total. The van der Waals surface area contributed by atoms with Crippen molar-refractivity contribution in [1.29, 1.82) is 0 Å². The van der Waals surface area contributed by atoms with E-state index >= 15 is 0 Å². The molecule has 4 aromatic rings. The van der Waals surface area contributed by atoms with Gasteiger partial charge in [-0.1, -0.05) is 30.0 Å². The van der Waals surface area contributed by atoms with Crippen molar-refractivity contribution in [3.05, 3.63) is 60.6 Å². The molecule has 8 heteroatoms. The molecule has 1 atom stereocenters. The number of thioether (sulfide) groups is 1. The van der Waals surface area contributed by atoms with E-state index in [9.17, 15) is 4.79 Å². The number of amides is 1. The van der Waals surface area contributed by atoms with Crippen LogP contribution in [0.4, 0.5) is 0 Å². The maximum absolute atomic E-state index is 12.2. The zero-order valence-electron chi connectivity index (χ0n) is 14.5. The Hall–Kier alpha value is -3.13. The Bertz CT molecular complexity index is 1030. The van der Waals surface area contributed by atoms with Crippen LogP contribution in [-0.2, 0) is 4.79 Å². The minimum absolute atomic E-state index is 0.144. The highest BCUT2D eigenvalue weighted by atomic mass is 32.2. The molecule has 0 spiro atoms. The van der Waals surface area contributed by atoms with Gasteiger partial charge >= 0.3 is 0 Å². The van der Waals surface area contributed by atoms with Gasteiger partial charge in [0.2, 0.25) is 11.8 Å². The molecule has 0 saturated heterocycles. The molecule has 0 aliphatic rings. The molecule has 0 unspecified atom stereocenters. The summed E-state index contributed by atoms with van der Waals surface area (Å²) in [5.41, 5.74) is 1.54. The summed E-state index contributed by atoms with van der Waals surface area (Å²) in [6.07, 6.45) is 3.31. The predicted molar refractivity (Wildman–Crippen MR) is 101 cm³/mol. The van der Waals surface area contributed by atoms with Crippen molar-refractivity contribution in [2.24, 2.45) is 0 Å². The quantitative estimate of drug-likeness (QED) is 0.508. The summed E-state index contributed by atoms with van der Waals surface area (Å²) in [7, 11) is 0. The molecule has 3 heterocycles. The highest BCUT2D eigenvalue weighted by molar-refractivity contribution is 7.99. The summed E-state index contributed by atoms with van der Waals surface area (Å²) in [6.45, 7) is 1.88. The number of nitrogens with one attached hydrogen (secondary N) is 1. The first-order valence-corrected chi connectivity index (χ1v) is 9.32. The number of fused-ring (bicyclic) bond motifs is 1. The van der Waals surface area contributed by atoms with E-state index in [0.29, 0.717) is 16.9 Å². The van der Waals surface area contributed by atoms with Gasteiger partial charge in [0.1, 0.15) is 11.3 Å². The largest absolute Gasteiger partial charge is 0.459 e. The number of aromatic nitrogens is 3. The second-order valence-corrected chi connectivity index (χ2v) is 6.81. The predicted octanol–water partition coefficient (Wildman–Crippen LogP) is 3.85. The molecule has 136 valence electrons. The average molecular weight is 380 g/mol. The van der Waals surface area contributed by atoms with Crippen molar-refractivity contribution in [2.45, 2.75) is 18.2 Å². The van der Waals surface area contributed by atoms with Crippen molar-refractivity contribution >= 4 is 28.6 Å². The van der Waals surface area contributed by atoms with Crippen LogP contribution in [0.2, 0.25) is 0 Å². The highest BCUT2D eigenvalue weighted by Gasteiger charge is 2.16. The lowest BCUT2D eigenvalue weighted by Crippen LogP contribution is -2.27. The van der Waals surface area contributed by atoms with Gasteiger partial charge in [-0.2, -0.15) is 0 Å². The Kier molecular flexibility index (Phi) is 4.88. The fourth-order valence-electron chi connectivity index (χ4n) is 2.57. The van der Waals surface area contributed by atoms with Gasteiger partial charge in [-0.25, -0.2) is 0 Å². The van der Waals surface area contributed by atoms with Gasteiger partial charge in [0.25, 0.3) is 5.22 Å². The van der Waals surface area contributed by atoms with Crippen LogP contribution in [0.3, 0.4) is 0 Å². The molecular weight excluding hydrogens is 364 g/mol. The lowest BCUT2D eigenvalue weighted by molar-refractivity contribution is -0.119. The lowest BCUT2D eigenvalue weighted by Gasteiger charge is -2.10. The number of nitrogens with zero attached hydrogens (tertiary/aromatic N) is 3. The third-order valence-electron chi connectivity index (χ3n) is 3.89. The van der Waals surface area contributed by atoms with E-state index in [-0.39, 0.29) is 17.7 Å². The van der Waals surface area contributed by atoms with E-state index in [1.807, 2.05) is 43.3 Å². The van der Waals surface area contributed by atoms with E-state index in [4.69, 9.17) is 8.83 Å². The first-order chi connectivity index (χ1) is 13.2. The Labute approximate surface area is 159 Å². The van der Waals surface area contributed by atoms with Crippen LogP contribution < -0.4 is 5.32 Å². The first kappa shape index (κ1) is 17.3. The first-order valence-electron chi connectivity index (χ1n) is 8.33. The number of para-hydroxylation sites is 1. The summed E-state index contributed by atoms with van der Waals surface area (Å²) in [5.74, 6) is 1.11. The Morgan fingerprint density at radius 2 is 2.07 bits per heavy atom. The third-order valence-corrected chi connectivity index (χ3v) is 4.71. The third kappa shape index (κ3) is 4.01. The van der Waals surface area contributed by atoms with Crippen LogP contribution in [-0.4, -0.2) is 26.8 Å². The molecule has 0 aliphatic heterocycles. The van der Waals surface area contributed by atoms with Gasteiger partial charge < -0.3 is 14.2 Å². The van der Waals surface area contributed by atoms with Crippen LogP contribution >= 0.6 is 11.8 Å². The van der Waals surface area contributed by atoms with Crippen molar-refractivity contribution in [3.8, 4) is 11.5 Å². The van der Waals surface area contributed by atoms with Crippen LogP contribution in [0.1, 0.15) is 18.7 Å². The summed E-state index contributed by atoms with van der Waals surface area (Å²) >= 11 is 1.18. The van der Waals surface area contributed by atoms with Gasteiger partial charge in [-0.15, -0.1) is 10.2 Å².